The van der Waals surface area contributed by atoms with Crippen LogP contribution in [0, 0.1) is 0 Å². The van der Waals surface area contributed by atoms with Gasteiger partial charge in [-0.1, -0.05) is 43.9 Å². The maximum Gasteiger partial charge on any atom is 0.322 e. The smallest absolute Gasteiger partial charge is 0.322 e. The summed E-state index contributed by atoms with van der Waals surface area (Å²) in [4.78, 5) is 34.3. The van der Waals surface area contributed by atoms with Crippen molar-refractivity contribution in [3.8, 4) is 17.2 Å². The number of carbonyl (C=O) groups excluding carboxylic acids is 1. The zero-order valence-corrected chi connectivity index (χ0v) is 24.1. The number of carbonyl (C=O) groups is 1. The first-order chi connectivity index (χ1) is 19.4. The number of unbranched alkanes of at least 4 members (excludes halogenated alkanes) is 3. The fourth-order valence-corrected chi connectivity index (χ4v) is 4.82. The normalized spacial score (nSPS) is 11.7. The highest BCUT2D eigenvalue weighted by atomic mass is 35.5. The summed E-state index contributed by atoms with van der Waals surface area (Å²) < 4.78 is 12.2. The third-order valence-corrected chi connectivity index (χ3v) is 7.10. The molecule has 1 atom stereocenters. The first-order valence-corrected chi connectivity index (χ1v) is 13.8. The molecule has 1 aromatic heterocycles. The molecule has 8 nitrogen and oxygen atoms in total. The van der Waals surface area contributed by atoms with Gasteiger partial charge in [0.25, 0.3) is 5.56 Å². The van der Waals surface area contributed by atoms with E-state index in [-0.39, 0.29) is 11.6 Å². The second kappa shape index (κ2) is 13.3. The van der Waals surface area contributed by atoms with E-state index in [9.17, 15) is 9.59 Å². The highest BCUT2D eigenvalue weighted by Crippen LogP contribution is 2.27. The van der Waals surface area contributed by atoms with Crippen molar-refractivity contribution in [2.45, 2.75) is 45.6 Å². The number of anilines is 1. The molecule has 9 heteroatoms. The maximum absolute atomic E-state index is 13.9. The summed E-state index contributed by atoms with van der Waals surface area (Å²) in [5, 5.41) is 3.91. The number of ether oxygens (including phenoxy) is 2. The van der Waals surface area contributed by atoms with Crippen molar-refractivity contribution in [2.75, 3.05) is 26.1 Å². The molecule has 0 aliphatic carbocycles. The van der Waals surface area contributed by atoms with Crippen LogP contribution in [0.25, 0.3) is 16.6 Å². The number of methoxy groups -OCH3 is 2. The van der Waals surface area contributed by atoms with Gasteiger partial charge in [0.05, 0.1) is 36.9 Å². The Balaban J connectivity index is 1.81. The first kappa shape index (κ1) is 29.0. The van der Waals surface area contributed by atoms with Crippen LogP contribution in [0.2, 0.25) is 5.02 Å². The van der Waals surface area contributed by atoms with Crippen molar-refractivity contribution >= 4 is 34.2 Å². The van der Waals surface area contributed by atoms with Gasteiger partial charge in [-0.2, -0.15) is 0 Å². The van der Waals surface area contributed by atoms with E-state index in [0.717, 1.165) is 25.7 Å². The van der Waals surface area contributed by atoms with Gasteiger partial charge in [-0.15, -0.1) is 0 Å². The molecule has 0 saturated heterocycles. The van der Waals surface area contributed by atoms with Crippen LogP contribution in [0.15, 0.2) is 71.5 Å². The lowest BCUT2D eigenvalue weighted by molar-refractivity contribution is 0.187. The first-order valence-electron chi connectivity index (χ1n) is 13.4. The van der Waals surface area contributed by atoms with Gasteiger partial charge in [0.15, 0.2) is 0 Å². The highest BCUT2D eigenvalue weighted by Gasteiger charge is 2.27. The van der Waals surface area contributed by atoms with E-state index < -0.39 is 6.04 Å². The van der Waals surface area contributed by atoms with Crippen molar-refractivity contribution in [1.82, 2.24) is 14.5 Å². The van der Waals surface area contributed by atoms with Crippen LogP contribution < -0.4 is 20.3 Å². The summed E-state index contributed by atoms with van der Waals surface area (Å²) >= 11 is 6.27. The van der Waals surface area contributed by atoms with Crippen LogP contribution in [-0.4, -0.2) is 41.2 Å². The number of fused-ring (bicyclic) bond motifs is 1. The summed E-state index contributed by atoms with van der Waals surface area (Å²) in [6.45, 7) is 4.53. The van der Waals surface area contributed by atoms with Gasteiger partial charge in [0, 0.05) is 23.3 Å². The van der Waals surface area contributed by atoms with Crippen molar-refractivity contribution in [2.24, 2.45) is 0 Å². The van der Waals surface area contributed by atoms with Crippen LogP contribution in [0.3, 0.4) is 0 Å². The Bertz CT molecular complexity index is 1520. The second-order valence-corrected chi connectivity index (χ2v) is 10.00. The third kappa shape index (κ3) is 6.57. The molecule has 2 amide bonds. The molecule has 0 aliphatic heterocycles. The number of urea groups is 1. The summed E-state index contributed by atoms with van der Waals surface area (Å²) in [5.41, 5.74) is 1.47. The molecule has 0 fully saturated rings. The number of hydrogen-bond acceptors (Lipinski definition) is 5. The lowest BCUT2D eigenvalue weighted by Gasteiger charge is -2.31. The average molecular weight is 563 g/mol. The number of aromatic nitrogens is 2. The number of nitrogens with zero attached hydrogens (tertiary/aromatic N) is 3. The molecule has 0 bridgehead atoms. The largest absolute Gasteiger partial charge is 0.497 e. The Morgan fingerprint density at radius 3 is 2.45 bits per heavy atom. The van der Waals surface area contributed by atoms with E-state index in [1.807, 2.05) is 37.3 Å². The number of amides is 2. The number of halogens is 1. The molecule has 4 rings (SSSR count). The molecule has 3 aromatic carbocycles. The van der Waals surface area contributed by atoms with E-state index in [4.69, 9.17) is 26.1 Å². The monoisotopic (exact) mass is 562 g/mol. The Kier molecular flexibility index (Phi) is 9.66. The second-order valence-electron chi connectivity index (χ2n) is 9.56. The SMILES string of the molecule is CCCCCCN(C(=O)Nc1cccc(OC)c1)C(C)c1nc2cc(Cl)ccc2c(=O)n1-c1ccc(OC)cc1. The van der Waals surface area contributed by atoms with Crippen molar-refractivity contribution < 1.29 is 14.3 Å². The van der Waals surface area contributed by atoms with E-state index in [1.54, 1.807) is 60.1 Å². The number of benzene rings is 3. The number of hydrogen-bond donors (Lipinski definition) is 1. The van der Waals surface area contributed by atoms with Crippen molar-refractivity contribution in [1.29, 1.82) is 0 Å². The lowest BCUT2D eigenvalue weighted by Crippen LogP contribution is -2.40. The molecule has 1 heterocycles. The minimum Gasteiger partial charge on any atom is -0.497 e. The summed E-state index contributed by atoms with van der Waals surface area (Å²) in [6.07, 6.45) is 3.95. The van der Waals surface area contributed by atoms with Gasteiger partial charge in [-0.25, -0.2) is 9.78 Å². The molecule has 0 saturated carbocycles. The molecule has 210 valence electrons. The predicted molar refractivity (Wildman–Crippen MR) is 160 cm³/mol. The Hall–Kier alpha value is -4.04. The molecule has 0 radical (unpaired) electrons. The van der Waals surface area contributed by atoms with Gasteiger partial charge in [0.1, 0.15) is 17.3 Å². The van der Waals surface area contributed by atoms with Crippen LogP contribution in [0.5, 0.6) is 11.5 Å². The molecule has 0 spiro atoms. The third-order valence-electron chi connectivity index (χ3n) is 6.86. The fourth-order valence-electron chi connectivity index (χ4n) is 4.65. The van der Waals surface area contributed by atoms with E-state index in [2.05, 4.69) is 12.2 Å². The quantitative estimate of drug-likeness (QED) is 0.195. The molecular formula is C31H35ClN4O4. The lowest BCUT2D eigenvalue weighted by atomic mass is 10.1. The standard InChI is InChI=1S/C31H35ClN4O4/c1-5-6-7-8-18-35(31(38)33-23-10-9-11-26(20-23)40-4)21(2)29-34-28-19-22(32)12-17-27(28)30(37)36(29)24-13-15-25(39-3)16-14-24/h9-17,19-21H,5-8,18H2,1-4H3,(H,33,38). The van der Waals surface area contributed by atoms with Gasteiger partial charge in [0.2, 0.25) is 0 Å². The van der Waals surface area contributed by atoms with Crippen molar-refractivity contribution in [3.63, 3.8) is 0 Å². The van der Waals surface area contributed by atoms with E-state index in [1.165, 1.54) is 0 Å². The molecule has 4 aromatic rings. The minimum absolute atomic E-state index is 0.243. The Morgan fingerprint density at radius 1 is 1.00 bits per heavy atom. The molecular weight excluding hydrogens is 528 g/mol. The van der Waals surface area contributed by atoms with Gasteiger partial charge >= 0.3 is 6.03 Å². The molecule has 40 heavy (non-hydrogen) atoms. The summed E-state index contributed by atoms with van der Waals surface area (Å²) in [7, 11) is 3.17. The topological polar surface area (TPSA) is 85.7 Å². The number of nitrogens with one attached hydrogen (secondary N) is 1. The number of rotatable bonds is 11. The van der Waals surface area contributed by atoms with Crippen molar-refractivity contribution in [3.05, 3.63) is 87.9 Å². The summed E-state index contributed by atoms with van der Waals surface area (Å²) in [5.74, 6) is 1.74. The molecule has 0 aliphatic rings. The maximum atomic E-state index is 13.9. The van der Waals surface area contributed by atoms with Crippen LogP contribution in [-0.2, 0) is 0 Å². The van der Waals surface area contributed by atoms with Gasteiger partial charge in [-0.3, -0.25) is 9.36 Å². The molecule has 1 unspecified atom stereocenters. The van der Waals surface area contributed by atoms with E-state index >= 15 is 0 Å². The van der Waals surface area contributed by atoms with E-state index in [0.29, 0.717) is 51.2 Å². The van der Waals surface area contributed by atoms with Crippen LogP contribution in [0.1, 0.15) is 51.4 Å². The van der Waals surface area contributed by atoms with Crippen LogP contribution >= 0.6 is 11.6 Å². The zero-order chi connectivity index (χ0) is 28.6. The zero-order valence-electron chi connectivity index (χ0n) is 23.3. The average Bonchev–Trinajstić information content (AvgIpc) is 2.96. The predicted octanol–water partition coefficient (Wildman–Crippen LogP) is 7.23. The minimum atomic E-state index is -0.551. The Morgan fingerprint density at radius 2 is 1.75 bits per heavy atom. The Labute approximate surface area is 239 Å². The highest BCUT2D eigenvalue weighted by molar-refractivity contribution is 6.31. The van der Waals surface area contributed by atoms with Gasteiger partial charge < -0.3 is 19.7 Å². The summed E-state index contributed by atoms with van der Waals surface area (Å²) in [6, 6.07) is 18.6. The van der Waals surface area contributed by atoms with Gasteiger partial charge in [-0.05, 0) is 67.9 Å². The van der Waals surface area contributed by atoms with Crippen LogP contribution in [0.4, 0.5) is 10.5 Å². The fraction of sp³-hybridized carbons (Fsp3) is 0.323. The molecule has 1 N–H and O–H groups in total.